The highest BCUT2D eigenvalue weighted by Crippen LogP contribution is 2.35. The van der Waals surface area contributed by atoms with E-state index in [0.29, 0.717) is 12.3 Å². The van der Waals surface area contributed by atoms with E-state index in [2.05, 4.69) is 11.9 Å². The maximum absolute atomic E-state index is 11.9. The topological polar surface area (TPSA) is 62.3 Å². The van der Waals surface area contributed by atoms with Gasteiger partial charge in [0, 0.05) is 11.3 Å². The Kier molecular flexibility index (Phi) is 4.07. The second-order valence-corrected chi connectivity index (χ2v) is 4.75. The maximum atomic E-state index is 11.9. The number of H-pyrrole nitrogens is 1. The highest BCUT2D eigenvalue weighted by molar-refractivity contribution is 5.90. The minimum Gasteiger partial charge on any atom is -0.461 e. The number of aromatic nitrogens is 1. The van der Waals surface area contributed by atoms with Gasteiger partial charge in [-0.25, -0.2) is 4.79 Å². The molecule has 100 valence electrons. The first-order valence-electron chi connectivity index (χ1n) is 6.77. The monoisotopic (exact) mass is 251 g/mol. The third kappa shape index (κ3) is 2.29. The van der Waals surface area contributed by atoms with Crippen LogP contribution in [0.15, 0.2) is 0 Å². The van der Waals surface area contributed by atoms with Crippen LogP contribution in [-0.4, -0.2) is 22.7 Å². The molecule has 0 aromatic carbocycles. The van der Waals surface area contributed by atoms with Crippen molar-refractivity contribution in [3.63, 3.8) is 0 Å². The molecule has 1 atom stereocenters. The fraction of sp³-hybridized carbons (Fsp3) is 0.643. The molecule has 0 saturated carbocycles. The van der Waals surface area contributed by atoms with Crippen molar-refractivity contribution in [2.75, 3.05) is 6.61 Å². The van der Waals surface area contributed by atoms with E-state index in [1.54, 1.807) is 6.92 Å². The van der Waals surface area contributed by atoms with Gasteiger partial charge in [0.2, 0.25) is 0 Å². The van der Waals surface area contributed by atoms with E-state index in [0.717, 1.165) is 48.9 Å². The third-order valence-corrected chi connectivity index (χ3v) is 3.45. The van der Waals surface area contributed by atoms with Crippen LogP contribution in [0.25, 0.3) is 0 Å². The lowest BCUT2D eigenvalue weighted by molar-refractivity contribution is 0.0518. The Balaban J connectivity index is 2.43. The van der Waals surface area contributed by atoms with Gasteiger partial charge in [0.1, 0.15) is 5.69 Å². The van der Waals surface area contributed by atoms with Gasteiger partial charge in [-0.3, -0.25) is 0 Å². The lowest BCUT2D eigenvalue weighted by atomic mass is 9.90. The summed E-state index contributed by atoms with van der Waals surface area (Å²) in [4.78, 5) is 15.1. The molecule has 1 aromatic heterocycles. The number of ether oxygens (including phenoxy) is 1. The summed E-state index contributed by atoms with van der Waals surface area (Å²) in [5.41, 5.74) is 3.47. The Morgan fingerprint density at radius 1 is 1.50 bits per heavy atom. The number of carbonyl (C=O) groups excluding carboxylic acids is 1. The van der Waals surface area contributed by atoms with Crippen LogP contribution >= 0.6 is 0 Å². The maximum Gasteiger partial charge on any atom is 0.355 e. The molecule has 0 saturated heterocycles. The predicted molar refractivity (Wildman–Crippen MR) is 68.6 cm³/mol. The summed E-state index contributed by atoms with van der Waals surface area (Å²) in [6, 6.07) is 0. The van der Waals surface area contributed by atoms with Crippen LogP contribution in [0, 0.1) is 0 Å². The Hall–Kier alpha value is -1.29. The molecule has 1 aromatic rings. The first-order valence-corrected chi connectivity index (χ1v) is 6.77. The smallest absolute Gasteiger partial charge is 0.355 e. The molecule has 0 spiro atoms. The van der Waals surface area contributed by atoms with Gasteiger partial charge in [-0.2, -0.15) is 0 Å². The molecular weight excluding hydrogens is 230 g/mol. The summed E-state index contributed by atoms with van der Waals surface area (Å²) >= 11 is 0. The molecule has 1 unspecified atom stereocenters. The first kappa shape index (κ1) is 13.1. The van der Waals surface area contributed by atoms with Gasteiger partial charge in [0.25, 0.3) is 0 Å². The highest BCUT2D eigenvalue weighted by atomic mass is 16.5. The van der Waals surface area contributed by atoms with Crippen molar-refractivity contribution in [2.24, 2.45) is 0 Å². The predicted octanol–water partition coefficient (Wildman–Crippen LogP) is 2.51. The van der Waals surface area contributed by atoms with Crippen LogP contribution in [-0.2, 0) is 17.6 Å². The summed E-state index contributed by atoms with van der Waals surface area (Å²) in [5.74, 6) is -0.303. The van der Waals surface area contributed by atoms with E-state index >= 15 is 0 Å². The van der Waals surface area contributed by atoms with E-state index in [9.17, 15) is 9.90 Å². The minimum absolute atomic E-state index is 0.303. The number of aryl methyl sites for hydroxylation is 1. The zero-order valence-corrected chi connectivity index (χ0v) is 11.1. The van der Waals surface area contributed by atoms with Gasteiger partial charge < -0.3 is 14.8 Å². The number of aliphatic hydroxyl groups excluding tert-OH is 1. The van der Waals surface area contributed by atoms with Crippen molar-refractivity contribution in [1.82, 2.24) is 4.98 Å². The van der Waals surface area contributed by atoms with Crippen LogP contribution < -0.4 is 0 Å². The van der Waals surface area contributed by atoms with Gasteiger partial charge >= 0.3 is 5.97 Å². The fourth-order valence-electron chi connectivity index (χ4n) is 2.71. The molecule has 2 rings (SSSR count). The second-order valence-electron chi connectivity index (χ2n) is 4.75. The Morgan fingerprint density at radius 3 is 2.94 bits per heavy atom. The lowest BCUT2D eigenvalue weighted by Gasteiger charge is -2.19. The van der Waals surface area contributed by atoms with Gasteiger partial charge in [-0.05, 0) is 38.2 Å². The van der Waals surface area contributed by atoms with E-state index in [-0.39, 0.29) is 5.97 Å². The molecule has 0 amide bonds. The standard InChI is InChI=1S/C14H21NO3/c1-3-6-9-12-10(7-5-8-11(12)16)15-13(9)14(17)18-4-2/h11,15-16H,3-8H2,1-2H3. The van der Waals surface area contributed by atoms with Gasteiger partial charge in [-0.15, -0.1) is 0 Å². The van der Waals surface area contributed by atoms with Crippen LogP contribution in [0.2, 0.25) is 0 Å². The molecule has 4 nitrogen and oxygen atoms in total. The van der Waals surface area contributed by atoms with Gasteiger partial charge in [0.05, 0.1) is 12.7 Å². The summed E-state index contributed by atoms with van der Waals surface area (Å²) < 4.78 is 5.08. The molecule has 2 N–H and O–H groups in total. The summed E-state index contributed by atoms with van der Waals surface area (Å²) in [7, 11) is 0. The largest absolute Gasteiger partial charge is 0.461 e. The SMILES string of the molecule is CCCc1c(C(=O)OCC)[nH]c2c1C(O)CCC2. The van der Waals surface area contributed by atoms with Crippen molar-refractivity contribution in [2.45, 2.75) is 52.1 Å². The zero-order chi connectivity index (χ0) is 13.1. The molecular formula is C14H21NO3. The molecule has 0 bridgehead atoms. The van der Waals surface area contributed by atoms with Gasteiger partial charge in [0.15, 0.2) is 0 Å². The Morgan fingerprint density at radius 2 is 2.28 bits per heavy atom. The summed E-state index contributed by atoms with van der Waals surface area (Å²) in [5, 5.41) is 10.1. The molecule has 1 aliphatic carbocycles. The van der Waals surface area contributed by atoms with Crippen molar-refractivity contribution in [3.8, 4) is 0 Å². The number of esters is 1. The minimum atomic E-state index is -0.435. The fourth-order valence-corrected chi connectivity index (χ4v) is 2.71. The van der Waals surface area contributed by atoms with E-state index in [1.165, 1.54) is 0 Å². The lowest BCUT2D eigenvalue weighted by Crippen LogP contribution is -2.10. The van der Waals surface area contributed by atoms with Crippen LogP contribution in [0.3, 0.4) is 0 Å². The zero-order valence-electron chi connectivity index (χ0n) is 11.1. The Labute approximate surface area is 107 Å². The average Bonchev–Trinajstić information content (AvgIpc) is 2.70. The quantitative estimate of drug-likeness (QED) is 0.808. The number of rotatable bonds is 4. The average molecular weight is 251 g/mol. The van der Waals surface area contributed by atoms with Crippen LogP contribution in [0.5, 0.6) is 0 Å². The number of aliphatic hydroxyl groups is 1. The Bertz CT molecular complexity index is 436. The second kappa shape index (κ2) is 5.57. The number of hydrogen-bond acceptors (Lipinski definition) is 3. The van der Waals surface area contributed by atoms with E-state index in [4.69, 9.17) is 4.74 Å². The third-order valence-electron chi connectivity index (χ3n) is 3.45. The number of hydrogen-bond donors (Lipinski definition) is 2. The van der Waals surface area contributed by atoms with Crippen LogP contribution in [0.1, 0.15) is 66.5 Å². The number of carbonyl (C=O) groups is 1. The molecule has 0 fully saturated rings. The first-order chi connectivity index (χ1) is 8.69. The highest BCUT2D eigenvalue weighted by Gasteiger charge is 2.28. The van der Waals surface area contributed by atoms with Gasteiger partial charge in [-0.1, -0.05) is 13.3 Å². The molecule has 18 heavy (non-hydrogen) atoms. The van der Waals surface area contributed by atoms with E-state index in [1.807, 2.05) is 0 Å². The number of fused-ring (bicyclic) bond motifs is 1. The molecule has 0 aliphatic heterocycles. The molecule has 1 heterocycles. The van der Waals surface area contributed by atoms with Crippen molar-refractivity contribution < 1.29 is 14.6 Å². The molecule has 1 aliphatic rings. The summed E-state index contributed by atoms with van der Waals surface area (Å²) in [6.07, 6.45) is 3.96. The normalized spacial score (nSPS) is 18.5. The van der Waals surface area contributed by atoms with Crippen molar-refractivity contribution in [1.29, 1.82) is 0 Å². The van der Waals surface area contributed by atoms with Crippen molar-refractivity contribution >= 4 is 5.97 Å². The summed E-state index contributed by atoms with van der Waals surface area (Å²) in [6.45, 7) is 4.25. The van der Waals surface area contributed by atoms with Crippen molar-refractivity contribution in [3.05, 3.63) is 22.5 Å². The number of nitrogens with one attached hydrogen (secondary N) is 1. The molecule has 0 radical (unpaired) electrons. The van der Waals surface area contributed by atoms with Crippen LogP contribution in [0.4, 0.5) is 0 Å². The number of aromatic amines is 1. The molecule has 4 heteroatoms. The van der Waals surface area contributed by atoms with E-state index < -0.39 is 6.10 Å².